The maximum Gasteiger partial charge on any atom is 0.325 e. The van der Waals surface area contributed by atoms with Gasteiger partial charge in [0, 0.05) is 25.8 Å². The zero-order valence-electron chi connectivity index (χ0n) is 54.0. The lowest BCUT2D eigenvalue weighted by molar-refractivity contribution is -0.142. The number of carboxylic acid groups (broad SMARTS) is 2. The minimum Gasteiger partial charge on any atom is -0.508 e. The molecule has 0 aliphatic heterocycles. The van der Waals surface area contributed by atoms with E-state index in [0.29, 0.717) is 11.1 Å². The van der Waals surface area contributed by atoms with E-state index in [4.69, 9.17) is 22.9 Å². The molecule has 11 amide bonds. The average molecular weight is 1330 g/mol. The van der Waals surface area contributed by atoms with Gasteiger partial charge in [-0.1, -0.05) is 65.8 Å². The third kappa shape index (κ3) is 28.4. The molecule has 2 aromatic rings. The smallest absolute Gasteiger partial charge is 0.325 e. The number of guanidine groups is 1. The summed E-state index contributed by atoms with van der Waals surface area (Å²) in [6.07, 6.45) is -6.06. The number of nitrogens with zero attached hydrogens (tertiary/aromatic N) is 1. The fraction of sp³-hybridized carbons (Fsp3) is 0.567. The van der Waals surface area contributed by atoms with E-state index in [1.54, 1.807) is 13.8 Å². The number of phenolic OH excluding ortho intramolecular Hbond substituents is 2. The molecule has 2 rings (SSSR count). The minimum absolute atomic E-state index is 0.0292. The number of phenols is 2. The largest absolute Gasteiger partial charge is 0.508 e. The van der Waals surface area contributed by atoms with E-state index in [-0.39, 0.29) is 62.0 Å². The second-order valence-electron chi connectivity index (χ2n) is 23.8. The Labute approximate surface area is 543 Å². The molecule has 0 fully saturated rings. The summed E-state index contributed by atoms with van der Waals surface area (Å²) in [6, 6.07) is -6.58. The molecule has 94 heavy (non-hydrogen) atoms. The zero-order chi connectivity index (χ0) is 71.4. The molecule has 0 radical (unpaired) electrons. The van der Waals surface area contributed by atoms with Gasteiger partial charge in [0.25, 0.3) is 0 Å². The van der Waals surface area contributed by atoms with Crippen molar-refractivity contribution in [1.29, 1.82) is 0 Å². The van der Waals surface area contributed by atoms with Gasteiger partial charge in [0.05, 0.1) is 24.7 Å². The normalized spacial score (nSPS) is 15.4. The van der Waals surface area contributed by atoms with Crippen molar-refractivity contribution in [2.75, 3.05) is 6.54 Å². The molecule has 522 valence electrons. The summed E-state index contributed by atoms with van der Waals surface area (Å²) in [4.78, 5) is 179. The SMILES string of the molecule is CC(C)C[C@H](NC(=O)[C@H](Cc1ccc(O)cc1)NC(=O)[C@H](Cc1ccc(O)cc1)NC(=O)[C@H](CCC(N)=O)NC(=O)[C@@H](N)CC(=O)O)C(=O)N[C@@H](CCCN=C(N)N)C(=O)N[C@H](C(=O)N[C@H](C(=O)N[C@H](C(=O)N[C@H](C(=O)N[C@@H](C)C(=O)O)C(C)C)[C@@H](C)O)[C@@H](C)O)C(C)C. The number of nitrogens with one attached hydrogen (secondary N) is 10. The predicted octanol–water partition coefficient (Wildman–Crippen LogP) is -4.92. The Morgan fingerprint density at radius 3 is 1.19 bits per heavy atom. The fourth-order valence-corrected chi connectivity index (χ4v) is 9.06. The van der Waals surface area contributed by atoms with Gasteiger partial charge < -0.3 is 107 Å². The number of aromatic hydroxyl groups is 2. The Kier molecular flexibility index (Phi) is 33.3. The number of hydrogen-bond donors (Lipinski definition) is 20. The van der Waals surface area contributed by atoms with Crippen LogP contribution in [0.4, 0.5) is 0 Å². The number of aliphatic hydroxyl groups is 2. The molecule has 34 heteroatoms. The van der Waals surface area contributed by atoms with Gasteiger partial charge in [-0.25, -0.2) is 0 Å². The molecule has 13 atom stereocenters. The van der Waals surface area contributed by atoms with E-state index in [2.05, 4.69) is 58.2 Å². The molecule has 0 saturated carbocycles. The lowest BCUT2D eigenvalue weighted by atomic mass is 9.99. The van der Waals surface area contributed by atoms with Crippen LogP contribution in [0.25, 0.3) is 0 Å². The Morgan fingerprint density at radius 2 is 0.798 bits per heavy atom. The number of carbonyl (C=O) groups is 13. The first kappa shape index (κ1) is 80.4. The lowest BCUT2D eigenvalue weighted by Gasteiger charge is -2.30. The fourth-order valence-electron chi connectivity index (χ4n) is 9.06. The Balaban J connectivity index is 2.60. The molecule has 34 nitrogen and oxygen atoms in total. The van der Waals surface area contributed by atoms with Crippen molar-refractivity contribution in [3.05, 3.63) is 59.7 Å². The molecule has 2 aromatic carbocycles. The van der Waals surface area contributed by atoms with E-state index < -0.39 is 187 Å². The van der Waals surface area contributed by atoms with Gasteiger partial charge >= 0.3 is 11.9 Å². The zero-order valence-corrected chi connectivity index (χ0v) is 54.0. The Morgan fingerprint density at radius 1 is 0.447 bits per heavy atom. The monoisotopic (exact) mass is 1330 g/mol. The summed E-state index contributed by atoms with van der Waals surface area (Å²) in [5, 5.41) is 84.5. The molecule has 0 unspecified atom stereocenters. The molecular formula is C60H93N15O19. The summed E-state index contributed by atoms with van der Waals surface area (Å²) >= 11 is 0. The van der Waals surface area contributed by atoms with Gasteiger partial charge in [0.1, 0.15) is 71.9 Å². The van der Waals surface area contributed by atoms with Crippen LogP contribution in [-0.2, 0) is 75.2 Å². The second kappa shape index (κ2) is 39.0. The van der Waals surface area contributed by atoms with Crippen molar-refractivity contribution >= 4 is 82.9 Å². The number of aliphatic hydroxyl groups excluding tert-OH is 2. The number of rotatable bonds is 40. The topological polar surface area (TPSA) is 580 Å². The van der Waals surface area contributed by atoms with E-state index in [1.807, 2.05) is 0 Å². The molecule has 0 aliphatic rings. The van der Waals surface area contributed by atoms with Crippen LogP contribution in [0, 0.1) is 17.8 Å². The molecule has 0 heterocycles. The molecule has 0 spiro atoms. The second-order valence-corrected chi connectivity index (χ2v) is 23.8. The number of primary amides is 1. The first-order valence-electron chi connectivity index (χ1n) is 30.3. The van der Waals surface area contributed by atoms with Crippen LogP contribution in [0.2, 0.25) is 0 Å². The number of amides is 11. The van der Waals surface area contributed by atoms with Gasteiger partial charge in [-0.15, -0.1) is 0 Å². The first-order valence-corrected chi connectivity index (χ1v) is 30.3. The van der Waals surface area contributed by atoms with Crippen molar-refractivity contribution in [3.8, 4) is 11.5 Å². The quantitative estimate of drug-likeness (QED) is 0.0169. The molecule has 24 N–H and O–H groups in total. The summed E-state index contributed by atoms with van der Waals surface area (Å²) in [5.74, 6) is -16.5. The van der Waals surface area contributed by atoms with Crippen molar-refractivity contribution in [3.63, 3.8) is 0 Å². The number of hydrogen-bond acceptors (Lipinski definition) is 19. The predicted molar refractivity (Wildman–Crippen MR) is 337 cm³/mol. The van der Waals surface area contributed by atoms with Crippen molar-refractivity contribution in [2.45, 2.75) is 192 Å². The van der Waals surface area contributed by atoms with Gasteiger partial charge in [-0.2, -0.15) is 0 Å². The number of benzene rings is 2. The summed E-state index contributed by atoms with van der Waals surface area (Å²) in [6.45, 7) is 12.9. The number of aliphatic imine (C=N–C) groups is 1. The van der Waals surface area contributed by atoms with Crippen LogP contribution in [-0.4, -0.2) is 199 Å². The van der Waals surface area contributed by atoms with Gasteiger partial charge in [0.2, 0.25) is 65.0 Å². The van der Waals surface area contributed by atoms with E-state index >= 15 is 0 Å². The van der Waals surface area contributed by atoms with Gasteiger partial charge in [0.15, 0.2) is 5.96 Å². The van der Waals surface area contributed by atoms with Gasteiger partial charge in [-0.3, -0.25) is 67.3 Å². The highest BCUT2D eigenvalue weighted by Gasteiger charge is 2.39. The van der Waals surface area contributed by atoms with Crippen molar-refractivity contribution in [2.24, 2.45) is 45.7 Å². The molecule has 0 bridgehead atoms. The average Bonchev–Trinajstić information content (AvgIpc) is 0.868. The van der Waals surface area contributed by atoms with Crippen LogP contribution in [0.3, 0.4) is 0 Å². The maximum absolute atomic E-state index is 14.8. The summed E-state index contributed by atoms with van der Waals surface area (Å²) < 4.78 is 0. The number of carbonyl (C=O) groups excluding carboxylic acids is 11. The van der Waals surface area contributed by atoms with Crippen LogP contribution in [0.5, 0.6) is 11.5 Å². The Hall–Kier alpha value is -9.70. The lowest BCUT2D eigenvalue weighted by Crippen LogP contribution is -2.64. The van der Waals surface area contributed by atoms with E-state index in [1.165, 1.54) is 83.1 Å². The summed E-state index contributed by atoms with van der Waals surface area (Å²) in [5.41, 5.74) is 22.9. The minimum atomic E-state index is -1.87. The third-order valence-corrected chi connectivity index (χ3v) is 14.3. The summed E-state index contributed by atoms with van der Waals surface area (Å²) in [7, 11) is 0. The number of nitrogens with two attached hydrogens (primary N) is 4. The molecule has 0 saturated heterocycles. The van der Waals surface area contributed by atoms with Crippen LogP contribution < -0.4 is 76.1 Å². The van der Waals surface area contributed by atoms with Crippen LogP contribution in [0.15, 0.2) is 53.5 Å². The number of carboxylic acids is 2. The van der Waals surface area contributed by atoms with Crippen LogP contribution in [0.1, 0.15) is 112 Å². The highest BCUT2D eigenvalue weighted by molar-refractivity contribution is 5.99. The number of aliphatic carboxylic acids is 2. The highest BCUT2D eigenvalue weighted by atomic mass is 16.4. The first-order chi connectivity index (χ1) is 43.8. The Bertz CT molecular complexity index is 2980. The van der Waals surface area contributed by atoms with Crippen molar-refractivity contribution in [1.82, 2.24) is 53.2 Å². The molecule has 0 aromatic heterocycles. The standard InChI is InChI=1S/C60H93N15O19/c1-27(2)23-40(69-53(87)42(25-34-14-18-36(79)19-15-34)71-54(88)41(24-33-12-16-35(78)17-13-33)70-50(84)39(20-21-43(62)80)67-49(83)37(61)26-44(81)82)52(86)68-38(11-10-22-65-60(63)64)51(85)72-46(29(5)6)56(90)74-48(32(9)77)58(92)75-47(31(8)76)57(91)73-45(28(3)4)55(89)66-30(7)59(93)94/h12-19,27-32,37-42,45-48,76-79H,10-11,20-26,61H2,1-9H3,(H2,62,80)(H,66,89)(H,67,83)(H,68,86)(H,69,87)(H,70,84)(H,71,88)(H,72,85)(H,73,91)(H,74,90)(H,75,92)(H,81,82)(H,93,94)(H4,63,64,65)/t30-,31+,32+,37-,38-,39-,40-,41-,42-,45-,46-,47-,48-/m0/s1. The maximum atomic E-state index is 14.8. The van der Waals surface area contributed by atoms with Gasteiger partial charge in [-0.05, 0) is 99.6 Å². The van der Waals surface area contributed by atoms with E-state index in [9.17, 15) is 93.0 Å². The molecular weight excluding hydrogens is 1230 g/mol. The van der Waals surface area contributed by atoms with Crippen LogP contribution >= 0.6 is 0 Å². The van der Waals surface area contributed by atoms with E-state index in [0.717, 1.165) is 13.8 Å². The molecule has 0 aliphatic carbocycles. The van der Waals surface area contributed by atoms with Crippen molar-refractivity contribution < 1.29 is 93.0 Å². The highest BCUT2D eigenvalue weighted by Crippen LogP contribution is 2.17. The third-order valence-electron chi connectivity index (χ3n) is 14.3.